The lowest BCUT2D eigenvalue weighted by atomic mass is 10.0. The summed E-state index contributed by atoms with van der Waals surface area (Å²) in [5.74, 6) is -0.500. The maximum Gasteiger partial charge on any atom is 0.254 e. The zero-order valence-corrected chi connectivity index (χ0v) is 10.4. The van der Waals surface area contributed by atoms with Gasteiger partial charge >= 0.3 is 0 Å². The monoisotopic (exact) mass is 258 g/mol. The van der Waals surface area contributed by atoms with Crippen molar-refractivity contribution < 1.29 is 9.59 Å². The van der Waals surface area contributed by atoms with Gasteiger partial charge in [0.2, 0.25) is 0 Å². The highest BCUT2D eigenvalue weighted by Gasteiger charge is 2.16. The summed E-state index contributed by atoms with van der Waals surface area (Å²) < 4.78 is 0. The predicted molar refractivity (Wildman–Crippen MR) is 70.8 cm³/mol. The number of Topliss-reactive ketones (excluding diaryl/α,β-unsaturated/α-hetero) is 1. The van der Waals surface area contributed by atoms with E-state index in [-0.39, 0.29) is 17.2 Å². The summed E-state index contributed by atoms with van der Waals surface area (Å²) in [6, 6.07) is 7.11. The van der Waals surface area contributed by atoms with Gasteiger partial charge in [-0.2, -0.15) is 5.10 Å². The lowest BCUT2D eigenvalue weighted by molar-refractivity contribution is 0.0996. The van der Waals surface area contributed by atoms with E-state index < -0.39 is 5.91 Å². The molecule has 1 aromatic heterocycles. The molecular formula is C13H14N4O2. The van der Waals surface area contributed by atoms with E-state index in [1.165, 1.54) is 6.92 Å². The molecule has 19 heavy (non-hydrogen) atoms. The number of benzene rings is 1. The Labute approximate surface area is 109 Å². The fourth-order valence-corrected chi connectivity index (χ4v) is 1.86. The molecule has 0 bridgehead atoms. The number of H-pyrrole nitrogens is 1. The number of hydrogen-bond acceptors (Lipinski definition) is 4. The molecule has 2 aromatic rings. The van der Waals surface area contributed by atoms with Crippen molar-refractivity contribution in [2.75, 3.05) is 5.73 Å². The molecule has 0 radical (unpaired) electrons. The van der Waals surface area contributed by atoms with Crippen LogP contribution in [-0.2, 0) is 6.42 Å². The smallest absolute Gasteiger partial charge is 0.254 e. The number of primary amides is 1. The van der Waals surface area contributed by atoms with Crippen LogP contribution in [0.4, 0.5) is 5.82 Å². The Morgan fingerprint density at radius 3 is 2.42 bits per heavy atom. The number of nitrogens with one attached hydrogen (secondary N) is 1. The van der Waals surface area contributed by atoms with Gasteiger partial charge in [-0.3, -0.25) is 14.7 Å². The highest BCUT2D eigenvalue weighted by Crippen LogP contribution is 2.17. The first kappa shape index (κ1) is 12.8. The number of hydrogen-bond donors (Lipinski definition) is 3. The lowest BCUT2D eigenvalue weighted by Crippen LogP contribution is -2.14. The molecule has 0 unspecified atom stereocenters. The molecule has 1 heterocycles. The van der Waals surface area contributed by atoms with Gasteiger partial charge in [0.15, 0.2) is 11.6 Å². The van der Waals surface area contributed by atoms with Crippen LogP contribution in [0, 0.1) is 0 Å². The zero-order chi connectivity index (χ0) is 14.0. The Bertz CT molecular complexity index is 629. The summed E-state index contributed by atoms with van der Waals surface area (Å²) in [5.41, 5.74) is 13.2. The molecule has 0 atom stereocenters. The number of nitrogens with zero attached hydrogens (tertiary/aromatic N) is 1. The molecular weight excluding hydrogens is 244 g/mol. The van der Waals surface area contributed by atoms with Gasteiger partial charge in [-0.15, -0.1) is 0 Å². The number of aromatic nitrogens is 2. The molecule has 98 valence electrons. The van der Waals surface area contributed by atoms with Gasteiger partial charge in [-0.25, -0.2) is 0 Å². The molecule has 2 rings (SSSR count). The van der Waals surface area contributed by atoms with Gasteiger partial charge < -0.3 is 11.5 Å². The van der Waals surface area contributed by atoms with Crippen LogP contribution >= 0.6 is 0 Å². The summed E-state index contributed by atoms with van der Waals surface area (Å²) in [7, 11) is 0. The van der Waals surface area contributed by atoms with Crippen molar-refractivity contribution in [1.29, 1.82) is 0 Å². The molecule has 6 heteroatoms. The van der Waals surface area contributed by atoms with Gasteiger partial charge in [0.1, 0.15) is 5.56 Å². The van der Waals surface area contributed by atoms with E-state index in [1.807, 2.05) is 12.1 Å². The van der Waals surface area contributed by atoms with Crippen molar-refractivity contribution >= 4 is 17.5 Å². The standard InChI is InChI=1S/C13H14N4O2/c1-7(18)9-4-2-8(3-5-9)6-10-11(13(15)19)12(14)17-16-10/h2-5H,6H2,1H3,(H2,15,19)(H3,14,16,17). The van der Waals surface area contributed by atoms with Crippen LogP contribution in [0.5, 0.6) is 0 Å². The Kier molecular flexibility index (Phi) is 3.33. The molecule has 0 saturated carbocycles. The SMILES string of the molecule is CC(=O)c1ccc(Cc2[nH]nc(N)c2C(N)=O)cc1. The molecule has 5 N–H and O–H groups in total. The second-order valence-electron chi connectivity index (χ2n) is 4.26. The van der Waals surface area contributed by atoms with E-state index in [9.17, 15) is 9.59 Å². The minimum Gasteiger partial charge on any atom is -0.382 e. The van der Waals surface area contributed by atoms with Crippen LogP contribution in [0.1, 0.15) is 38.9 Å². The molecule has 1 aromatic carbocycles. The summed E-state index contributed by atoms with van der Waals surface area (Å²) in [5, 5.41) is 6.48. The Hall–Kier alpha value is -2.63. The van der Waals surface area contributed by atoms with Crippen molar-refractivity contribution in [2.45, 2.75) is 13.3 Å². The van der Waals surface area contributed by atoms with Gasteiger partial charge in [0.05, 0.1) is 5.69 Å². The fraction of sp³-hybridized carbons (Fsp3) is 0.154. The Morgan fingerprint density at radius 2 is 1.89 bits per heavy atom. The summed E-state index contributed by atoms with van der Waals surface area (Å²) in [4.78, 5) is 22.4. The minimum absolute atomic E-state index is 0.00941. The first-order valence-electron chi connectivity index (χ1n) is 5.71. The van der Waals surface area contributed by atoms with Gasteiger partial charge in [0.25, 0.3) is 5.91 Å². The lowest BCUT2D eigenvalue weighted by Gasteiger charge is -2.02. The largest absolute Gasteiger partial charge is 0.382 e. The van der Waals surface area contributed by atoms with E-state index in [0.717, 1.165) is 5.56 Å². The van der Waals surface area contributed by atoms with Crippen LogP contribution in [-0.4, -0.2) is 21.9 Å². The number of aromatic amines is 1. The Morgan fingerprint density at radius 1 is 1.26 bits per heavy atom. The minimum atomic E-state index is -0.610. The number of amides is 1. The van der Waals surface area contributed by atoms with Crippen LogP contribution in [0.15, 0.2) is 24.3 Å². The number of carbonyl (C=O) groups excluding carboxylic acids is 2. The average molecular weight is 258 g/mol. The number of carbonyl (C=O) groups is 2. The van der Waals surface area contributed by atoms with Gasteiger partial charge in [-0.1, -0.05) is 24.3 Å². The molecule has 1 amide bonds. The number of rotatable bonds is 4. The van der Waals surface area contributed by atoms with E-state index in [1.54, 1.807) is 12.1 Å². The summed E-state index contributed by atoms with van der Waals surface area (Å²) >= 11 is 0. The first-order chi connectivity index (χ1) is 8.99. The third kappa shape index (κ3) is 2.62. The predicted octanol–water partition coefficient (Wildman–Crippen LogP) is 0.884. The van der Waals surface area contributed by atoms with E-state index in [4.69, 9.17) is 11.5 Å². The summed E-state index contributed by atoms with van der Waals surface area (Å²) in [6.45, 7) is 1.51. The third-order valence-corrected chi connectivity index (χ3v) is 2.86. The molecule has 0 spiro atoms. The zero-order valence-electron chi connectivity index (χ0n) is 10.4. The summed E-state index contributed by atoms with van der Waals surface area (Å²) in [6.07, 6.45) is 0.445. The average Bonchev–Trinajstić information content (AvgIpc) is 2.71. The van der Waals surface area contributed by atoms with Crippen molar-refractivity contribution in [3.8, 4) is 0 Å². The first-order valence-corrected chi connectivity index (χ1v) is 5.71. The normalized spacial score (nSPS) is 10.4. The highest BCUT2D eigenvalue weighted by atomic mass is 16.1. The Balaban J connectivity index is 2.26. The van der Waals surface area contributed by atoms with E-state index in [0.29, 0.717) is 17.7 Å². The molecule has 0 aliphatic carbocycles. The van der Waals surface area contributed by atoms with E-state index >= 15 is 0 Å². The van der Waals surface area contributed by atoms with Crippen molar-refractivity contribution in [2.24, 2.45) is 5.73 Å². The van der Waals surface area contributed by atoms with Crippen LogP contribution in [0.25, 0.3) is 0 Å². The van der Waals surface area contributed by atoms with E-state index in [2.05, 4.69) is 10.2 Å². The number of nitrogen functional groups attached to an aromatic ring is 1. The van der Waals surface area contributed by atoms with Crippen molar-refractivity contribution in [3.05, 3.63) is 46.6 Å². The number of nitrogens with two attached hydrogens (primary N) is 2. The third-order valence-electron chi connectivity index (χ3n) is 2.86. The van der Waals surface area contributed by atoms with Crippen molar-refractivity contribution in [1.82, 2.24) is 10.2 Å². The highest BCUT2D eigenvalue weighted by molar-refractivity contribution is 5.98. The molecule has 0 saturated heterocycles. The van der Waals surface area contributed by atoms with Crippen LogP contribution in [0.3, 0.4) is 0 Å². The maximum atomic E-state index is 11.3. The molecule has 6 nitrogen and oxygen atoms in total. The molecule has 0 fully saturated rings. The van der Waals surface area contributed by atoms with Crippen molar-refractivity contribution in [3.63, 3.8) is 0 Å². The van der Waals surface area contributed by atoms with Gasteiger partial charge in [0, 0.05) is 12.0 Å². The molecule has 0 aliphatic heterocycles. The maximum absolute atomic E-state index is 11.3. The number of ketones is 1. The van der Waals surface area contributed by atoms with Gasteiger partial charge in [-0.05, 0) is 12.5 Å². The number of anilines is 1. The topological polar surface area (TPSA) is 115 Å². The second-order valence-corrected chi connectivity index (χ2v) is 4.26. The molecule has 0 aliphatic rings. The van der Waals surface area contributed by atoms with Crippen LogP contribution < -0.4 is 11.5 Å². The van der Waals surface area contributed by atoms with Crippen LogP contribution in [0.2, 0.25) is 0 Å². The second kappa shape index (κ2) is 4.93. The quantitative estimate of drug-likeness (QED) is 0.706. The fourth-order valence-electron chi connectivity index (χ4n) is 1.86.